The third-order valence-electron chi connectivity index (χ3n) is 3.65. The van der Waals surface area contributed by atoms with Gasteiger partial charge in [0.05, 0.1) is 13.2 Å². The second-order valence-corrected chi connectivity index (χ2v) is 5.79. The van der Waals surface area contributed by atoms with Gasteiger partial charge in [0.2, 0.25) is 0 Å². The van der Waals surface area contributed by atoms with E-state index < -0.39 is 0 Å². The molecule has 0 aromatic heterocycles. The normalized spacial score (nSPS) is 31.2. The third-order valence-corrected chi connectivity index (χ3v) is 4.69. The van der Waals surface area contributed by atoms with Crippen molar-refractivity contribution in [1.29, 1.82) is 0 Å². The highest BCUT2D eigenvalue weighted by Gasteiger charge is 2.27. The summed E-state index contributed by atoms with van der Waals surface area (Å²) >= 11 is 1.91. The van der Waals surface area contributed by atoms with Gasteiger partial charge in [-0.2, -0.15) is 0 Å². The first-order chi connectivity index (χ1) is 8.43. The van der Waals surface area contributed by atoms with E-state index in [0.29, 0.717) is 5.50 Å². The van der Waals surface area contributed by atoms with Gasteiger partial charge in [0.15, 0.2) is 0 Å². The molecule has 1 N–H and O–H groups in total. The molecule has 1 atom stereocenters. The van der Waals surface area contributed by atoms with Crippen molar-refractivity contribution in [3.8, 4) is 0 Å². The van der Waals surface area contributed by atoms with Crippen LogP contribution in [0.2, 0.25) is 0 Å². The molecule has 0 aromatic carbocycles. The maximum Gasteiger partial charge on any atom is 0.133 e. The summed E-state index contributed by atoms with van der Waals surface area (Å²) in [5.74, 6) is 1.34. The van der Waals surface area contributed by atoms with Crippen molar-refractivity contribution >= 4 is 11.8 Å². The quantitative estimate of drug-likeness (QED) is 0.801. The van der Waals surface area contributed by atoms with Crippen molar-refractivity contribution in [3.63, 3.8) is 0 Å². The van der Waals surface area contributed by atoms with E-state index in [1.165, 1.54) is 38.2 Å². The first-order valence-electron chi connectivity index (χ1n) is 6.62. The highest BCUT2D eigenvalue weighted by Crippen LogP contribution is 2.27. The molecule has 0 aromatic rings. The Morgan fingerprint density at radius 3 is 2.65 bits per heavy atom. The SMILES string of the molecule is C1=C(N2CCCCC2)NC(N2CCOCC2)S1. The largest absolute Gasteiger partial charge is 0.379 e. The Bertz CT molecular complexity index is 285. The second-order valence-electron chi connectivity index (χ2n) is 4.83. The smallest absolute Gasteiger partial charge is 0.133 e. The molecule has 0 radical (unpaired) electrons. The molecule has 1 unspecified atom stereocenters. The van der Waals surface area contributed by atoms with Gasteiger partial charge in [0, 0.05) is 31.6 Å². The van der Waals surface area contributed by atoms with Crippen molar-refractivity contribution in [2.75, 3.05) is 39.4 Å². The van der Waals surface area contributed by atoms with Crippen LogP contribution < -0.4 is 5.32 Å². The van der Waals surface area contributed by atoms with E-state index in [-0.39, 0.29) is 0 Å². The first kappa shape index (κ1) is 11.7. The molecule has 3 aliphatic rings. The summed E-state index contributed by atoms with van der Waals surface area (Å²) in [5, 5.41) is 5.95. The fourth-order valence-electron chi connectivity index (χ4n) is 2.61. The average molecular weight is 255 g/mol. The number of nitrogens with one attached hydrogen (secondary N) is 1. The van der Waals surface area contributed by atoms with Crippen LogP contribution in [0.5, 0.6) is 0 Å². The molecule has 0 spiro atoms. The van der Waals surface area contributed by atoms with E-state index in [9.17, 15) is 0 Å². The first-order valence-corrected chi connectivity index (χ1v) is 7.57. The molecule has 2 saturated heterocycles. The monoisotopic (exact) mass is 255 g/mol. The summed E-state index contributed by atoms with van der Waals surface area (Å²) in [4.78, 5) is 4.97. The lowest BCUT2D eigenvalue weighted by atomic mass is 10.1. The van der Waals surface area contributed by atoms with Crippen molar-refractivity contribution in [2.45, 2.75) is 24.8 Å². The molecule has 0 saturated carbocycles. The molecular formula is C12H21N3OS. The predicted molar refractivity (Wildman–Crippen MR) is 70.4 cm³/mol. The van der Waals surface area contributed by atoms with Gasteiger partial charge in [-0.1, -0.05) is 11.8 Å². The zero-order chi connectivity index (χ0) is 11.5. The molecule has 17 heavy (non-hydrogen) atoms. The molecule has 96 valence electrons. The highest BCUT2D eigenvalue weighted by molar-refractivity contribution is 8.02. The number of nitrogens with zero attached hydrogens (tertiary/aromatic N) is 2. The van der Waals surface area contributed by atoms with Gasteiger partial charge in [-0.25, -0.2) is 0 Å². The summed E-state index contributed by atoms with van der Waals surface area (Å²) in [6.45, 7) is 6.28. The molecule has 4 nitrogen and oxygen atoms in total. The minimum atomic E-state index is 0.427. The number of ether oxygens (including phenoxy) is 1. The highest BCUT2D eigenvalue weighted by atomic mass is 32.2. The Hall–Kier alpha value is -0.390. The van der Waals surface area contributed by atoms with Crippen molar-refractivity contribution < 1.29 is 4.74 Å². The minimum absolute atomic E-state index is 0.427. The molecule has 2 fully saturated rings. The van der Waals surface area contributed by atoms with E-state index in [0.717, 1.165) is 26.3 Å². The molecule has 3 aliphatic heterocycles. The molecule has 0 bridgehead atoms. The zero-order valence-electron chi connectivity index (χ0n) is 10.2. The third kappa shape index (κ3) is 2.72. The summed E-state index contributed by atoms with van der Waals surface area (Å²) in [6, 6.07) is 0. The Balaban J connectivity index is 1.52. The number of thioether (sulfide) groups is 1. The van der Waals surface area contributed by atoms with E-state index in [2.05, 4.69) is 20.5 Å². The van der Waals surface area contributed by atoms with Crippen LogP contribution in [0, 0.1) is 0 Å². The lowest BCUT2D eigenvalue weighted by molar-refractivity contribution is 0.0282. The van der Waals surface area contributed by atoms with Crippen molar-refractivity contribution in [3.05, 3.63) is 11.2 Å². The lowest BCUT2D eigenvalue weighted by Gasteiger charge is -2.34. The van der Waals surface area contributed by atoms with Crippen LogP contribution in [0.15, 0.2) is 11.2 Å². The minimum Gasteiger partial charge on any atom is -0.379 e. The van der Waals surface area contributed by atoms with Crippen LogP contribution in [0.4, 0.5) is 0 Å². The van der Waals surface area contributed by atoms with E-state index in [4.69, 9.17) is 4.74 Å². The summed E-state index contributed by atoms with van der Waals surface area (Å²) < 4.78 is 5.40. The molecule has 0 aliphatic carbocycles. The number of morpholine rings is 1. The Labute approximate surface area is 107 Å². The molecule has 3 rings (SSSR count). The van der Waals surface area contributed by atoms with E-state index in [1.807, 2.05) is 11.8 Å². The Morgan fingerprint density at radius 1 is 1.12 bits per heavy atom. The van der Waals surface area contributed by atoms with Crippen LogP contribution in [0.3, 0.4) is 0 Å². The number of hydrogen-bond acceptors (Lipinski definition) is 5. The Morgan fingerprint density at radius 2 is 1.88 bits per heavy atom. The second kappa shape index (κ2) is 5.50. The van der Waals surface area contributed by atoms with E-state index >= 15 is 0 Å². The maximum absolute atomic E-state index is 5.40. The van der Waals surface area contributed by atoms with Crippen molar-refractivity contribution in [2.24, 2.45) is 0 Å². The fraction of sp³-hybridized carbons (Fsp3) is 0.833. The molecule has 5 heteroatoms. The summed E-state index contributed by atoms with van der Waals surface area (Å²) in [7, 11) is 0. The van der Waals surface area contributed by atoms with Gasteiger partial charge in [0.1, 0.15) is 11.3 Å². The average Bonchev–Trinajstić information content (AvgIpc) is 2.90. The number of rotatable bonds is 2. The van der Waals surface area contributed by atoms with Crippen molar-refractivity contribution in [1.82, 2.24) is 15.1 Å². The van der Waals surface area contributed by atoms with E-state index in [1.54, 1.807) is 0 Å². The summed E-state index contributed by atoms with van der Waals surface area (Å²) in [5.41, 5.74) is 0.427. The Kier molecular flexibility index (Phi) is 3.78. The standard InChI is InChI=1S/C12H21N3OS/c1-2-4-14(5-3-1)11-10-17-12(13-11)15-6-8-16-9-7-15/h10,12-13H,1-9H2. The summed E-state index contributed by atoms with van der Waals surface area (Å²) in [6.07, 6.45) is 4.07. The lowest BCUT2D eigenvalue weighted by Crippen LogP contribution is -2.48. The van der Waals surface area contributed by atoms with Gasteiger partial charge in [-0.15, -0.1) is 0 Å². The fourth-order valence-corrected chi connectivity index (χ4v) is 3.66. The van der Waals surface area contributed by atoms with Crippen LogP contribution >= 0.6 is 11.8 Å². The molecule has 3 heterocycles. The zero-order valence-corrected chi connectivity index (χ0v) is 11.0. The van der Waals surface area contributed by atoms with Crippen LogP contribution in [0.1, 0.15) is 19.3 Å². The van der Waals surface area contributed by atoms with Crippen LogP contribution in [0.25, 0.3) is 0 Å². The van der Waals surface area contributed by atoms with Gasteiger partial charge < -0.3 is 15.0 Å². The predicted octanol–water partition coefficient (Wildman–Crippen LogP) is 1.22. The van der Waals surface area contributed by atoms with Gasteiger partial charge in [-0.05, 0) is 19.3 Å². The van der Waals surface area contributed by atoms with Crippen LogP contribution in [-0.2, 0) is 4.74 Å². The molecule has 0 amide bonds. The number of likely N-dealkylation sites (tertiary alicyclic amines) is 1. The van der Waals surface area contributed by atoms with Crippen LogP contribution in [-0.4, -0.2) is 54.7 Å². The maximum atomic E-state index is 5.40. The number of piperidine rings is 1. The van der Waals surface area contributed by atoms with Gasteiger partial charge in [-0.3, -0.25) is 4.90 Å². The van der Waals surface area contributed by atoms with Gasteiger partial charge in [0.25, 0.3) is 0 Å². The molecular weight excluding hydrogens is 234 g/mol. The van der Waals surface area contributed by atoms with Gasteiger partial charge >= 0.3 is 0 Å². The topological polar surface area (TPSA) is 27.7 Å². The number of hydrogen-bond donors (Lipinski definition) is 1.